The van der Waals surface area contributed by atoms with Gasteiger partial charge in [0.1, 0.15) is 0 Å². The van der Waals surface area contributed by atoms with Crippen LogP contribution >= 0.6 is 0 Å². The fraction of sp³-hybridized carbons (Fsp3) is 0.931. The molecule has 1 N–H and O–H groups in total. The molecule has 198 valence electrons. The summed E-state index contributed by atoms with van der Waals surface area (Å²) in [7, 11) is 0. The molecule has 0 aromatic carbocycles. The molecule has 0 amide bonds. The lowest BCUT2D eigenvalue weighted by Gasteiger charge is -2.29. The van der Waals surface area contributed by atoms with Crippen LogP contribution in [-0.2, 0) is 18.9 Å². The second kappa shape index (κ2) is 16.3. The normalized spacial score (nSPS) is 31.3. The second-order valence-corrected chi connectivity index (χ2v) is 10.9. The van der Waals surface area contributed by atoms with Crippen LogP contribution in [0.4, 0.5) is 0 Å². The van der Waals surface area contributed by atoms with E-state index in [1.165, 1.54) is 57.8 Å². The fourth-order valence-electron chi connectivity index (χ4n) is 5.72. The van der Waals surface area contributed by atoms with Crippen LogP contribution in [0.15, 0.2) is 12.2 Å². The molecular formula is C29H52O5. The monoisotopic (exact) mass is 480 g/mol. The molecule has 3 aliphatic rings. The first-order chi connectivity index (χ1) is 16.7. The van der Waals surface area contributed by atoms with E-state index in [0.29, 0.717) is 0 Å². The molecule has 0 radical (unpaired) electrons. The minimum atomic E-state index is -0.316. The van der Waals surface area contributed by atoms with Gasteiger partial charge in [-0.25, -0.2) is 0 Å². The van der Waals surface area contributed by atoms with Crippen molar-refractivity contribution in [3.63, 3.8) is 0 Å². The molecule has 5 atom stereocenters. The molecule has 0 bridgehead atoms. The number of hydrogen-bond acceptors (Lipinski definition) is 5. The Bertz CT molecular complexity index is 541. The lowest BCUT2D eigenvalue weighted by molar-refractivity contribution is -0.187. The average Bonchev–Trinajstić information content (AvgIpc) is 3.26. The van der Waals surface area contributed by atoms with Crippen LogP contribution in [0, 0.1) is 5.41 Å². The van der Waals surface area contributed by atoms with Crippen molar-refractivity contribution in [1.82, 2.24) is 0 Å². The van der Waals surface area contributed by atoms with Gasteiger partial charge in [0.05, 0.1) is 12.2 Å². The van der Waals surface area contributed by atoms with E-state index in [1.54, 1.807) is 0 Å². The highest BCUT2D eigenvalue weighted by Crippen LogP contribution is 2.45. The van der Waals surface area contributed by atoms with E-state index in [4.69, 9.17) is 18.9 Å². The molecule has 2 saturated heterocycles. The van der Waals surface area contributed by atoms with Gasteiger partial charge in [0, 0.05) is 19.8 Å². The predicted octanol–water partition coefficient (Wildman–Crippen LogP) is 7.06. The molecule has 1 aliphatic carbocycles. The highest BCUT2D eigenvalue weighted by molar-refractivity contribution is 5.06. The maximum absolute atomic E-state index is 10.5. The van der Waals surface area contributed by atoms with Crippen LogP contribution in [0.2, 0.25) is 0 Å². The van der Waals surface area contributed by atoms with Gasteiger partial charge in [-0.2, -0.15) is 0 Å². The summed E-state index contributed by atoms with van der Waals surface area (Å²) in [6, 6.07) is 0. The quantitative estimate of drug-likeness (QED) is 0.189. The predicted molar refractivity (Wildman–Crippen MR) is 137 cm³/mol. The van der Waals surface area contributed by atoms with Crippen LogP contribution in [0.1, 0.15) is 122 Å². The van der Waals surface area contributed by atoms with Crippen molar-refractivity contribution in [2.24, 2.45) is 5.41 Å². The minimum absolute atomic E-state index is 0.00805. The lowest BCUT2D eigenvalue weighted by Crippen LogP contribution is -2.27. The average molecular weight is 481 g/mol. The van der Waals surface area contributed by atoms with Crippen LogP contribution in [0.3, 0.4) is 0 Å². The number of hydrogen-bond donors (Lipinski definition) is 1. The van der Waals surface area contributed by atoms with Gasteiger partial charge in [-0.15, -0.1) is 0 Å². The first kappa shape index (κ1) is 28.1. The Balaban J connectivity index is 1.40. The smallest absolute Gasteiger partial charge is 0.157 e. The van der Waals surface area contributed by atoms with E-state index in [-0.39, 0.29) is 30.2 Å². The lowest BCUT2D eigenvalue weighted by atomic mass is 9.80. The first-order valence-electron chi connectivity index (χ1n) is 14.6. The van der Waals surface area contributed by atoms with Crippen molar-refractivity contribution in [2.45, 2.75) is 147 Å². The first-order valence-corrected chi connectivity index (χ1v) is 14.6. The Morgan fingerprint density at radius 1 is 0.912 bits per heavy atom. The minimum Gasteiger partial charge on any atom is -0.389 e. The maximum Gasteiger partial charge on any atom is 0.157 e. The number of ether oxygens (including phenoxy) is 4. The second-order valence-electron chi connectivity index (χ2n) is 10.9. The number of unbranched alkanes of at least 4 members (excludes halogenated alkanes) is 5. The van der Waals surface area contributed by atoms with E-state index in [1.807, 2.05) is 0 Å². The fourth-order valence-corrected chi connectivity index (χ4v) is 5.72. The molecule has 5 unspecified atom stereocenters. The molecule has 0 spiro atoms. The van der Waals surface area contributed by atoms with E-state index in [2.05, 4.69) is 19.1 Å². The summed E-state index contributed by atoms with van der Waals surface area (Å²) >= 11 is 0. The van der Waals surface area contributed by atoms with Crippen molar-refractivity contribution in [1.29, 1.82) is 0 Å². The van der Waals surface area contributed by atoms with Gasteiger partial charge in [-0.3, -0.25) is 0 Å². The zero-order valence-corrected chi connectivity index (χ0v) is 21.9. The number of rotatable bonds is 16. The Morgan fingerprint density at radius 2 is 1.68 bits per heavy atom. The van der Waals surface area contributed by atoms with Crippen molar-refractivity contribution in [3.05, 3.63) is 12.2 Å². The van der Waals surface area contributed by atoms with Crippen LogP contribution in [-0.4, -0.2) is 49.7 Å². The Labute approximate surface area is 208 Å². The number of aliphatic hydroxyl groups excluding tert-OH is 1. The molecule has 5 heteroatoms. The summed E-state index contributed by atoms with van der Waals surface area (Å²) < 4.78 is 23.7. The molecule has 2 heterocycles. The molecule has 0 aromatic rings. The highest BCUT2D eigenvalue weighted by Gasteiger charge is 2.38. The Kier molecular flexibility index (Phi) is 13.5. The summed E-state index contributed by atoms with van der Waals surface area (Å²) in [5.41, 5.74) is 0.164. The Morgan fingerprint density at radius 3 is 2.41 bits per heavy atom. The molecule has 0 aromatic heterocycles. The van der Waals surface area contributed by atoms with Gasteiger partial charge in [0.25, 0.3) is 0 Å². The van der Waals surface area contributed by atoms with E-state index < -0.39 is 0 Å². The molecule has 5 nitrogen and oxygen atoms in total. The van der Waals surface area contributed by atoms with Crippen LogP contribution in [0.5, 0.6) is 0 Å². The molecule has 2 aliphatic heterocycles. The van der Waals surface area contributed by atoms with E-state index in [9.17, 15) is 5.11 Å². The standard InChI is InChI=1S/C29H52O5/c1-2-3-6-13-25(30)16-19-29(20-17-26(24-29)34-28-15-8-12-23-33-28)18-9-4-5-10-21-31-27-14-7-11-22-32-27/h16,19,25-28,30H,2-15,17-18,20-24H2,1H3. The topological polar surface area (TPSA) is 57.2 Å². The van der Waals surface area contributed by atoms with Crippen LogP contribution in [0.25, 0.3) is 0 Å². The number of allylic oxidation sites excluding steroid dienone is 1. The van der Waals surface area contributed by atoms with E-state index in [0.717, 1.165) is 77.6 Å². The summed E-state index contributed by atoms with van der Waals surface area (Å²) in [5, 5.41) is 10.5. The van der Waals surface area contributed by atoms with Gasteiger partial charge >= 0.3 is 0 Å². The van der Waals surface area contributed by atoms with Crippen molar-refractivity contribution in [3.8, 4) is 0 Å². The zero-order valence-electron chi connectivity index (χ0n) is 21.9. The maximum atomic E-state index is 10.5. The van der Waals surface area contributed by atoms with E-state index >= 15 is 0 Å². The van der Waals surface area contributed by atoms with Crippen LogP contribution < -0.4 is 0 Å². The van der Waals surface area contributed by atoms with Gasteiger partial charge < -0.3 is 24.1 Å². The molecular weight excluding hydrogens is 428 g/mol. The largest absolute Gasteiger partial charge is 0.389 e. The van der Waals surface area contributed by atoms with Gasteiger partial charge in [0.15, 0.2) is 12.6 Å². The summed E-state index contributed by atoms with van der Waals surface area (Å²) in [5.74, 6) is 0. The summed E-state index contributed by atoms with van der Waals surface area (Å²) in [6.45, 7) is 4.72. The van der Waals surface area contributed by atoms with Crippen molar-refractivity contribution >= 4 is 0 Å². The van der Waals surface area contributed by atoms with Crippen molar-refractivity contribution < 1.29 is 24.1 Å². The zero-order chi connectivity index (χ0) is 23.9. The van der Waals surface area contributed by atoms with Gasteiger partial charge in [0.2, 0.25) is 0 Å². The molecule has 3 rings (SSSR count). The molecule has 34 heavy (non-hydrogen) atoms. The third-order valence-electron chi connectivity index (χ3n) is 7.87. The third-order valence-corrected chi connectivity index (χ3v) is 7.87. The molecule has 3 fully saturated rings. The van der Waals surface area contributed by atoms with Gasteiger partial charge in [-0.1, -0.05) is 57.6 Å². The van der Waals surface area contributed by atoms with Crippen molar-refractivity contribution in [2.75, 3.05) is 19.8 Å². The summed E-state index contributed by atoms with van der Waals surface area (Å²) in [4.78, 5) is 0. The van der Waals surface area contributed by atoms with Gasteiger partial charge in [-0.05, 0) is 82.5 Å². The number of aliphatic hydroxyl groups is 1. The Hall–Kier alpha value is -0.460. The SMILES string of the molecule is CCCCCC(O)C=CC1(CCCCCCOC2CCCCO2)CCC(OC2CCCCO2)C1. The summed E-state index contributed by atoms with van der Waals surface area (Å²) in [6.07, 6.45) is 25.0. The molecule has 1 saturated carbocycles. The third kappa shape index (κ3) is 10.7. The highest BCUT2D eigenvalue weighted by atomic mass is 16.7.